The number of nitrogens with two attached hydrogens (primary N) is 1. The Morgan fingerprint density at radius 3 is 3.11 bits per heavy atom. The van der Waals surface area contributed by atoms with Crippen LogP contribution < -0.4 is 10.6 Å². The third-order valence-corrected chi connectivity index (χ3v) is 3.21. The molecular weight excluding hydrogens is 228 g/mol. The third-order valence-electron chi connectivity index (χ3n) is 3.21. The highest BCUT2D eigenvalue weighted by atomic mass is 16.5. The van der Waals surface area contributed by atoms with Crippen molar-refractivity contribution in [2.45, 2.75) is 25.9 Å². The van der Waals surface area contributed by atoms with Crippen LogP contribution in [0.4, 0.5) is 5.82 Å². The first kappa shape index (κ1) is 12.8. The SMILES string of the molecule is CCN(CC1CCCO1)c1ncccc1C(=N)N. The minimum Gasteiger partial charge on any atom is -0.384 e. The summed E-state index contributed by atoms with van der Waals surface area (Å²) in [6, 6.07) is 3.64. The van der Waals surface area contributed by atoms with Crippen molar-refractivity contribution in [2.24, 2.45) is 5.73 Å². The van der Waals surface area contributed by atoms with Gasteiger partial charge in [-0.25, -0.2) is 4.98 Å². The van der Waals surface area contributed by atoms with Crippen LogP contribution in [0.25, 0.3) is 0 Å². The molecule has 1 saturated heterocycles. The minimum atomic E-state index is 0.0592. The van der Waals surface area contributed by atoms with Gasteiger partial charge in [-0.3, -0.25) is 5.41 Å². The molecule has 0 amide bonds. The van der Waals surface area contributed by atoms with E-state index in [1.165, 1.54) is 0 Å². The lowest BCUT2D eigenvalue weighted by atomic mass is 10.2. The molecule has 0 radical (unpaired) electrons. The van der Waals surface area contributed by atoms with Crippen LogP contribution in [0.1, 0.15) is 25.3 Å². The van der Waals surface area contributed by atoms with Crippen molar-refractivity contribution >= 4 is 11.7 Å². The molecule has 1 aromatic heterocycles. The zero-order chi connectivity index (χ0) is 13.0. The fourth-order valence-corrected chi connectivity index (χ4v) is 2.26. The van der Waals surface area contributed by atoms with Gasteiger partial charge >= 0.3 is 0 Å². The summed E-state index contributed by atoms with van der Waals surface area (Å²) in [5, 5.41) is 7.61. The average Bonchev–Trinajstić information content (AvgIpc) is 2.88. The van der Waals surface area contributed by atoms with E-state index in [2.05, 4.69) is 16.8 Å². The summed E-state index contributed by atoms with van der Waals surface area (Å²) in [5.74, 6) is 0.840. The average molecular weight is 248 g/mol. The summed E-state index contributed by atoms with van der Waals surface area (Å²) in [7, 11) is 0. The van der Waals surface area contributed by atoms with E-state index in [1.807, 2.05) is 6.07 Å². The molecule has 1 atom stereocenters. The van der Waals surface area contributed by atoms with Gasteiger partial charge in [-0.1, -0.05) is 0 Å². The largest absolute Gasteiger partial charge is 0.384 e. The number of nitrogens with one attached hydrogen (secondary N) is 1. The third kappa shape index (κ3) is 2.79. The van der Waals surface area contributed by atoms with Gasteiger partial charge in [0.25, 0.3) is 0 Å². The fraction of sp³-hybridized carbons (Fsp3) is 0.538. The Morgan fingerprint density at radius 1 is 1.67 bits per heavy atom. The smallest absolute Gasteiger partial charge is 0.139 e. The Balaban J connectivity index is 2.18. The zero-order valence-electron chi connectivity index (χ0n) is 10.7. The standard InChI is InChI=1S/C13H20N4O/c1-2-17(9-10-5-4-8-18-10)13-11(12(14)15)6-3-7-16-13/h3,6-7,10H,2,4-5,8-9H2,1H3,(H3,14,15). The fourth-order valence-electron chi connectivity index (χ4n) is 2.26. The number of hydrogen-bond donors (Lipinski definition) is 2. The van der Waals surface area contributed by atoms with Gasteiger partial charge in [0.1, 0.15) is 11.7 Å². The lowest BCUT2D eigenvalue weighted by molar-refractivity contribution is 0.115. The zero-order valence-corrected chi connectivity index (χ0v) is 10.7. The van der Waals surface area contributed by atoms with Crippen molar-refractivity contribution in [1.82, 2.24) is 4.98 Å². The summed E-state index contributed by atoms with van der Waals surface area (Å²) in [6.45, 7) is 4.57. The number of ether oxygens (including phenoxy) is 1. The number of amidine groups is 1. The molecule has 1 aliphatic rings. The lowest BCUT2D eigenvalue weighted by Crippen LogP contribution is -2.34. The molecule has 1 aliphatic heterocycles. The van der Waals surface area contributed by atoms with Crippen LogP contribution in [-0.4, -0.2) is 36.6 Å². The van der Waals surface area contributed by atoms with E-state index in [0.717, 1.165) is 38.4 Å². The maximum atomic E-state index is 7.61. The molecular formula is C13H20N4O. The van der Waals surface area contributed by atoms with Crippen LogP contribution in [0, 0.1) is 5.41 Å². The van der Waals surface area contributed by atoms with Gasteiger partial charge in [0.2, 0.25) is 0 Å². The highest BCUT2D eigenvalue weighted by Crippen LogP contribution is 2.20. The molecule has 0 saturated carbocycles. The molecule has 18 heavy (non-hydrogen) atoms. The van der Waals surface area contributed by atoms with Gasteiger partial charge in [-0.15, -0.1) is 0 Å². The van der Waals surface area contributed by atoms with Gasteiger partial charge in [0.05, 0.1) is 11.7 Å². The molecule has 5 heteroatoms. The summed E-state index contributed by atoms with van der Waals surface area (Å²) in [4.78, 5) is 6.49. The van der Waals surface area contributed by atoms with Gasteiger partial charge in [-0.2, -0.15) is 0 Å². The van der Waals surface area contributed by atoms with Crippen molar-refractivity contribution in [2.75, 3.05) is 24.6 Å². The van der Waals surface area contributed by atoms with Gasteiger partial charge in [-0.05, 0) is 31.9 Å². The second-order valence-corrected chi connectivity index (χ2v) is 4.46. The number of rotatable bonds is 5. The van der Waals surface area contributed by atoms with Crippen molar-refractivity contribution in [3.05, 3.63) is 23.9 Å². The second kappa shape index (κ2) is 5.82. The van der Waals surface area contributed by atoms with Crippen LogP contribution in [0.15, 0.2) is 18.3 Å². The summed E-state index contributed by atoms with van der Waals surface area (Å²) in [6.07, 6.45) is 4.23. The Morgan fingerprint density at radius 2 is 2.50 bits per heavy atom. The Labute approximate surface area is 107 Å². The number of aromatic nitrogens is 1. The first-order chi connectivity index (χ1) is 8.72. The molecule has 1 aromatic rings. The van der Waals surface area contributed by atoms with Crippen LogP contribution in [0.3, 0.4) is 0 Å². The quantitative estimate of drug-likeness (QED) is 0.609. The molecule has 0 aromatic carbocycles. The van der Waals surface area contributed by atoms with E-state index in [1.54, 1.807) is 12.3 Å². The molecule has 98 valence electrons. The van der Waals surface area contributed by atoms with Crippen molar-refractivity contribution in [1.29, 1.82) is 5.41 Å². The second-order valence-electron chi connectivity index (χ2n) is 4.46. The normalized spacial score (nSPS) is 18.8. The molecule has 1 fully saturated rings. The monoisotopic (exact) mass is 248 g/mol. The summed E-state index contributed by atoms with van der Waals surface area (Å²) >= 11 is 0. The number of nitrogen functional groups attached to an aromatic ring is 1. The molecule has 0 spiro atoms. The molecule has 1 unspecified atom stereocenters. The van der Waals surface area contributed by atoms with E-state index in [0.29, 0.717) is 5.56 Å². The topological polar surface area (TPSA) is 75.2 Å². The number of nitrogens with zero attached hydrogens (tertiary/aromatic N) is 2. The van der Waals surface area contributed by atoms with Crippen molar-refractivity contribution in [3.63, 3.8) is 0 Å². The Kier molecular flexibility index (Phi) is 4.15. The first-order valence-corrected chi connectivity index (χ1v) is 6.38. The van der Waals surface area contributed by atoms with E-state index < -0.39 is 0 Å². The van der Waals surface area contributed by atoms with Gasteiger partial charge in [0, 0.05) is 25.9 Å². The Bertz CT molecular complexity index is 415. The van der Waals surface area contributed by atoms with Gasteiger partial charge < -0.3 is 15.4 Å². The molecule has 0 bridgehead atoms. The lowest BCUT2D eigenvalue weighted by Gasteiger charge is -2.26. The summed E-state index contributed by atoms with van der Waals surface area (Å²) in [5.41, 5.74) is 6.29. The van der Waals surface area contributed by atoms with Gasteiger partial charge in [0.15, 0.2) is 0 Å². The molecule has 5 nitrogen and oxygen atoms in total. The highest BCUT2D eigenvalue weighted by molar-refractivity contribution is 5.99. The minimum absolute atomic E-state index is 0.0592. The van der Waals surface area contributed by atoms with E-state index in [-0.39, 0.29) is 11.9 Å². The number of pyridine rings is 1. The number of anilines is 1. The molecule has 2 heterocycles. The molecule has 3 N–H and O–H groups in total. The van der Waals surface area contributed by atoms with E-state index in [9.17, 15) is 0 Å². The van der Waals surface area contributed by atoms with Crippen LogP contribution in [0.2, 0.25) is 0 Å². The Hall–Kier alpha value is -1.62. The maximum Gasteiger partial charge on any atom is 0.139 e. The predicted octanol–water partition coefficient (Wildman–Crippen LogP) is 1.37. The van der Waals surface area contributed by atoms with Crippen molar-refractivity contribution < 1.29 is 4.74 Å². The van der Waals surface area contributed by atoms with Crippen LogP contribution >= 0.6 is 0 Å². The first-order valence-electron chi connectivity index (χ1n) is 6.38. The maximum absolute atomic E-state index is 7.61. The van der Waals surface area contributed by atoms with Crippen molar-refractivity contribution in [3.8, 4) is 0 Å². The van der Waals surface area contributed by atoms with E-state index >= 15 is 0 Å². The van der Waals surface area contributed by atoms with E-state index in [4.69, 9.17) is 15.9 Å². The molecule has 2 rings (SSSR count). The highest BCUT2D eigenvalue weighted by Gasteiger charge is 2.21. The van der Waals surface area contributed by atoms with Crippen LogP contribution in [-0.2, 0) is 4.74 Å². The number of hydrogen-bond acceptors (Lipinski definition) is 4. The molecule has 0 aliphatic carbocycles. The number of likely N-dealkylation sites (N-methyl/N-ethyl adjacent to an activating group) is 1. The van der Waals surface area contributed by atoms with Crippen LogP contribution in [0.5, 0.6) is 0 Å². The summed E-state index contributed by atoms with van der Waals surface area (Å²) < 4.78 is 5.65. The predicted molar refractivity (Wildman–Crippen MR) is 72.1 cm³/mol.